The van der Waals surface area contributed by atoms with E-state index >= 15 is 0 Å². The molecule has 0 saturated heterocycles. The fourth-order valence-electron chi connectivity index (χ4n) is 2.61. The molecule has 0 radical (unpaired) electrons. The molecule has 0 N–H and O–H groups in total. The summed E-state index contributed by atoms with van der Waals surface area (Å²) in [5.74, 6) is 0.135. The Kier molecular flexibility index (Phi) is 4.17. The molecule has 1 aliphatic heterocycles. The van der Waals surface area contributed by atoms with Crippen LogP contribution in [0.3, 0.4) is 0 Å². The van der Waals surface area contributed by atoms with Gasteiger partial charge >= 0.3 is 0 Å². The van der Waals surface area contributed by atoms with E-state index in [1.807, 2.05) is 25.2 Å². The monoisotopic (exact) mass is 320 g/mol. The Morgan fingerprint density at radius 1 is 1.33 bits per heavy atom. The molecule has 110 valence electrons. The van der Waals surface area contributed by atoms with Gasteiger partial charge in [0, 0.05) is 24.2 Å². The average Bonchev–Trinajstić information content (AvgIpc) is 3.06. The highest BCUT2D eigenvalue weighted by atomic mass is 35.5. The van der Waals surface area contributed by atoms with E-state index in [0.29, 0.717) is 13.1 Å². The van der Waals surface area contributed by atoms with Crippen LogP contribution in [0.15, 0.2) is 36.4 Å². The molecule has 21 heavy (non-hydrogen) atoms. The van der Waals surface area contributed by atoms with Crippen molar-refractivity contribution in [1.29, 1.82) is 0 Å². The van der Waals surface area contributed by atoms with Crippen LogP contribution >= 0.6 is 22.9 Å². The summed E-state index contributed by atoms with van der Waals surface area (Å²) in [7, 11) is 1.85. The second-order valence-corrected chi connectivity index (χ2v) is 7.06. The van der Waals surface area contributed by atoms with Crippen LogP contribution in [0.5, 0.6) is 0 Å². The highest BCUT2D eigenvalue weighted by Gasteiger charge is 2.22. The fraction of sp³-hybridized carbons (Fsp3) is 0.312. The number of benzene rings is 1. The number of hydrogen-bond acceptors (Lipinski definition) is 3. The van der Waals surface area contributed by atoms with E-state index in [2.05, 4.69) is 23.1 Å². The van der Waals surface area contributed by atoms with Crippen molar-refractivity contribution in [2.75, 3.05) is 25.0 Å². The zero-order chi connectivity index (χ0) is 14.8. The van der Waals surface area contributed by atoms with Gasteiger partial charge in [0.05, 0.1) is 17.4 Å². The third kappa shape index (κ3) is 3.22. The van der Waals surface area contributed by atoms with Gasteiger partial charge in [0.1, 0.15) is 0 Å². The average molecular weight is 321 g/mol. The Labute approximate surface area is 133 Å². The smallest absolute Gasteiger partial charge is 0.242 e. The first-order valence-electron chi connectivity index (χ1n) is 6.94. The maximum Gasteiger partial charge on any atom is 0.242 e. The minimum Gasteiger partial charge on any atom is -0.362 e. The van der Waals surface area contributed by atoms with Crippen molar-refractivity contribution in [3.8, 4) is 0 Å². The van der Waals surface area contributed by atoms with Crippen LogP contribution in [-0.4, -0.2) is 30.9 Å². The molecule has 2 aromatic rings. The quantitative estimate of drug-likeness (QED) is 0.861. The first-order chi connectivity index (χ1) is 10.1. The Morgan fingerprint density at radius 3 is 2.90 bits per heavy atom. The van der Waals surface area contributed by atoms with Gasteiger partial charge < -0.3 is 9.80 Å². The number of para-hydroxylation sites is 1. The number of carbonyl (C=O) groups is 1. The minimum atomic E-state index is 0.135. The number of thiophene rings is 1. The Hall–Kier alpha value is -1.52. The van der Waals surface area contributed by atoms with Gasteiger partial charge in [-0.3, -0.25) is 4.79 Å². The maximum absolute atomic E-state index is 12.4. The molecule has 0 fully saturated rings. The predicted molar refractivity (Wildman–Crippen MR) is 88.2 cm³/mol. The molecular formula is C16H17ClN2OS. The van der Waals surface area contributed by atoms with Gasteiger partial charge in [0.15, 0.2) is 0 Å². The molecule has 3 rings (SSSR count). The lowest BCUT2D eigenvalue weighted by atomic mass is 10.2. The summed E-state index contributed by atoms with van der Waals surface area (Å²) in [6.45, 7) is 1.97. The minimum absolute atomic E-state index is 0.135. The molecule has 3 nitrogen and oxygen atoms in total. The van der Waals surface area contributed by atoms with Crippen molar-refractivity contribution < 1.29 is 4.79 Å². The zero-order valence-corrected chi connectivity index (χ0v) is 13.5. The lowest BCUT2D eigenvalue weighted by Crippen LogP contribution is -2.37. The Bertz CT molecular complexity index is 655. The molecule has 1 aromatic heterocycles. The second-order valence-electron chi connectivity index (χ2n) is 5.26. The van der Waals surface area contributed by atoms with E-state index in [9.17, 15) is 4.79 Å². The number of anilines is 1. The molecule has 0 unspecified atom stereocenters. The van der Waals surface area contributed by atoms with E-state index in [0.717, 1.165) is 22.2 Å². The van der Waals surface area contributed by atoms with E-state index in [-0.39, 0.29) is 5.91 Å². The lowest BCUT2D eigenvalue weighted by molar-refractivity contribution is -0.128. The summed E-state index contributed by atoms with van der Waals surface area (Å²) in [6.07, 6.45) is 1.02. The number of likely N-dealkylation sites (N-methyl/N-ethyl adjacent to an activating group) is 1. The molecule has 5 heteroatoms. The summed E-state index contributed by atoms with van der Waals surface area (Å²) in [6, 6.07) is 12.2. The highest BCUT2D eigenvalue weighted by Crippen LogP contribution is 2.27. The summed E-state index contributed by atoms with van der Waals surface area (Å²) >= 11 is 7.45. The molecule has 0 aliphatic carbocycles. The number of nitrogens with zero attached hydrogens (tertiary/aromatic N) is 2. The molecule has 0 atom stereocenters. The molecule has 0 spiro atoms. The normalized spacial score (nSPS) is 13.3. The molecule has 1 aliphatic rings. The van der Waals surface area contributed by atoms with Crippen molar-refractivity contribution in [2.45, 2.75) is 13.0 Å². The fourth-order valence-corrected chi connectivity index (χ4v) is 3.75. The first-order valence-corrected chi connectivity index (χ1v) is 8.14. The number of amides is 1. The van der Waals surface area contributed by atoms with E-state index < -0.39 is 0 Å². The van der Waals surface area contributed by atoms with Crippen LogP contribution in [0.25, 0.3) is 0 Å². The third-order valence-corrected chi connectivity index (χ3v) is 4.97. The number of carbonyl (C=O) groups excluding carboxylic acids is 1. The Morgan fingerprint density at radius 2 is 2.14 bits per heavy atom. The third-order valence-electron chi connectivity index (χ3n) is 3.76. The van der Waals surface area contributed by atoms with Gasteiger partial charge in [-0.2, -0.15) is 0 Å². The van der Waals surface area contributed by atoms with Crippen molar-refractivity contribution >= 4 is 34.5 Å². The number of fused-ring (bicyclic) bond motifs is 1. The van der Waals surface area contributed by atoms with Crippen molar-refractivity contribution in [2.24, 2.45) is 0 Å². The summed E-state index contributed by atoms with van der Waals surface area (Å²) in [5.41, 5.74) is 2.52. The van der Waals surface area contributed by atoms with Gasteiger partial charge in [-0.25, -0.2) is 0 Å². The summed E-state index contributed by atoms with van der Waals surface area (Å²) in [5, 5.41) is 0. The van der Waals surface area contributed by atoms with E-state index in [4.69, 9.17) is 11.6 Å². The SMILES string of the molecule is CN(Cc1ccc(Cl)s1)C(=O)CN1CCc2ccccc21. The second kappa shape index (κ2) is 6.08. The molecule has 2 heterocycles. The van der Waals surface area contributed by atoms with Gasteiger partial charge in [0.25, 0.3) is 0 Å². The van der Waals surface area contributed by atoms with Crippen LogP contribution in [0.1, 0.15) is 10.4 Å². The first kappa shape index (κ1) is 14.4. The summed E-state index contributed by atoms with van der Waals surface area (Å²) < 4.78 is 0.763. The molecule has 1 amide bonds. The molecule has 1 aromatic carbocycles. The van der Waals surface area contributed by atoms with Crippen LogP contribution in [0, 0.1) is 0 Å². The van der Waals surface area contributed by atoms with Crippen LogP contribution < -0.4 is 4.90 Å². The van der Waals surface area contributed by atoms with Gasteiger partial charge in [-0.1, -0.05) is 29.8 Å². The van der Waals surface area contributed by atoms with Gasteiger partial charge in [-0.05, 0) is 30.2 Å². The maximum atomic E-state index is 12.4. The zero-order valence-electron chi connectivity index (χ0n) is 11.9. The van der Waals surface area contributed by atoms with Crippen molar-refractivity contribution in [1.82, 2.24) is 4.90 Å². The largest absolute Gasteiger partial charge is 0.362 e. The van der Waals surface area contributed by atoms with E-state index in [1.54, 1.807) is 4.90 Å². The molecule has 0 saturated carbocycles. The number of hydrogen-bond donors (Lipinski definition) is 0. The molecule has 0 bridgehead atoms. The van der Waals surface area contributed by atoms with Gasteiger partial charge in [-0.15, -0.1) is 11.3 Å². The van der Waals surface area contributed by atoms with Crippen LogP contribution in [0.2, 0.25) is 4.34 Å². The number of halogens is 1. The lowest BCUT2D eigenvalue weighted by Gasteiger charge is -2.23. The van der Waals surface area contributed by atoms with Crippen LogP contribution in [-0.2, 0) is 17.8 Å². The topological polar surface area (TPSA) is 23.6 Å². The standard InChI is InChI=1S/C16H17ClN2OS/c1-18(10-13-6-7-15(17)21-13)16(20)11-19-9-8-12-4-2-3-5-14(12)19/h2-7H,8-11H2,1H3. The van der Waals surface area contributed by atoms with Crippen molar-refractivity contribution in [3.63, 3.8) is 0 Å². The highest BCUT2D eigenvalue weighted by molar-refractivity contribution is 7.16. The van der Waals surface area contributed by atoms with Crippen molar-refractivity contribution in [3.05, 3.63) is 51.2 Å². The Balaban J connectivity index is 1.62. The number of rotatable bonds is 4. The summed E-state index contributed by atoms with van der Waals surface area (Å²) in [4.78, 5) is 17.4. The van der Waals surface area contributed by atoms with E-state index in [1.165, 1.54) is 22.6 Å². The van der Waals surface area contributed by atoms with Gasteiger partial charge in [0.2, 0.25) is 5.91 Å². The van der Waals surface area contributed by atoms with Crippen LogP contribution in [0.4, 0.5) is 5.69 Å². The molecular weight excluding hydrogens is 304 g/mol. The predicted octanol–water partition coefficient (Wildman–Crippen LogP) is 3.42.